The molecule has 4 heteroatoms. The molecule has 30 heavy (non-hydrogen) atoms. The smallest absolute Gasteiger partial charge is 0.185 e. The minimum atomic E-state index is -0.381. The maximum atomic E-state index is 12.6. The molecule has 160 valence electrons. The molecule has 0 aliphatic carbocycles. The number of ether oxygens (including phenoxy) is 3. The van der Waals surface area contributed by atoms with E-state index in [-0.39, 0.29) is 17.0 Å². The van der Waals surface area contributed by atoms with Crippen molar-refractivity contribution in [3.8, 4) is 17.2 Å². The van der Waals surface area contributed by atoms with E-state index in [1.165, 1.54) is 0 Å². The Hall–Kier alpha value is -3.01. The van der Waals surface area contributed by atoms with E-state index in [1.54, 1.807) is 42.5 Å². The van der Waals surface area contributed by atoms with E-state index in [9.17, 15) is 4.79 Å². The molecule has 2 aromatic carbocycles. The predicted molar refractivity (Wildman–Crippen MR) is 123 cm³/mol. The maximum absolute atomic E-state index is 12.6. The average Bonchev–Trinajstić information content (AvgIpc) is 2.63. The summed E-state index contributed by atoms with van der Waals surface area (Å²) in [4.78, 5) is 12.6. The van der Waals surface area contributed by atoms with Crippen LogP contribution in [-0.2, 0) is 0 Å². The molecule has 0 aliphatic rings. The minimum Gasteiger partial charge on any atom is -0.490 e. The number of carbonyl (C=O) groups is 1. The minimum absolute atomic E-state index is 0.0954. The average molecular weight is 409 g/mol. The summed E-state index contributed by atoms with van der Waals surface area (Å²) >= 11 is 0. The van der Waals surface area contributed by atoms with Crippen LogP contribution in [0.4, 0.5) is 0 Å². The molecule has 0 aromatic heterocycles. The molecule has 0 heterocycles. The van der Waals surface area contributed by atoms with Gasteiger partial charge in [0.05, 0.1) is 0 Å². The van der Waals surface area contributed by atoms with Gasteiger partial charge in [-0.2, -0.15) is 0 Å². The lowest BCUT2D eigenvalue weighted by Crippen LogP contribution is -2.24. The summed E-state index contributed by atoms with van der Waals surface area (Å²) in [7, 11) is 0. The first-order valence-corrected chi connectivity index (χ1v) is 10.1. The molecular weight excluding hydrogens is 376 g/mol. The summed E-state index contributed by atoms with van der Waals surface area (Å²) in [6.45, 7) is 16.0. The number of ketones is 1. The highest BCUT2D eigenvalue weighted by Gasteiger charge is 2.17. The molecule has 0 saturated heterocycles. The molecule has 0 radical (unpaired) electrons. The highest BCUT2D eigenvalue weighted by molar-refractivity contribution is 6.07. The quantitative estimate of drug-likeness (QED) is 0.284. The van der Waals surface area contributed by atoms with E-state index < -0.39 is 0 Å². The van der Waals surface area contributed by atoms with Crippen LogP contribution in [-0.4, -0.2) is 23.6 Å². The fourth-order valence-corrected chi connectivity index (χ4v) is 2.62. The Morgan fingerprint density at radius 3 is 2.07 bits per heavy atom. The van der Waals surface area contributed by atoms with Crippen LogP contribution in [0.5, 0.6) is 17.2 Å². The van der Waals surface area contributed by atoms with Crippen molar-refractivity contribution in [3.63, 3.8) is 0 Å². The van der Waals surface area contributed by atoms with Crippen molar-refractivity contribution in [2.75, 3.05) is 6.61 Å². The topological polar surface area (TPSA) is 44.8 Å². The number of hydrogen-bond acceptors (Lipinski definition) is 4. The van der Waals surface area contributed by atoms with Gasteiger partial charge >= 0.3 is 0 Å². The van der Waals surface area contributed by atoms with Crippen molar-refractivity contribution in [2.45, 2.75) is 52.7 Å². The fraction of sp³-hybridized carbons (Fsp3) is 0.346. The van der Waals surface area contributed by atoms with Gasteiger partial charge in [-0.1, -0.05) is 12.7 Å². The molecule has 0 amide bonds. The monoisotopic (exact) mass is 408 g/mol. The van der Waals surface area contributed by atoms with Gasteiger partial charge in [-0.3, -0.25) is 4.79 Å². The molecule has 2 aromatic rings. The molecule has 0 N–H and O–H groups in total. The second-order valence-electron chi connectivity index (χ2n) is 8.95. The normalized spacial score (nSPS) is 11.9. The lowest BCUT2D eigenvalue weighted by molar-refractivity contribution is 0.104. The summed E-state index contributed by atoms with van der Waals surface area (Å²) < 4.78 is 17.5. The first-order chi connectivity index (χ1) is 14.0. The van der Waals surface area contributed by atoms with E-state index in [2.05, 4.69) is 6.58 Å². The Balaban J connectivity index is 2.23. The zero-order valence-electron chi connectivity index (χ0n) is 18.8. The highest BCUT2D eigenvalue weighted by atomic mass is 16.5. The zero-order valence-corrected chi connectivity index (χ0v) is 18.8. The van der Waals surface area contributed by atoms with Crippen LogP contribution in [0.1, 0.15) is 57.5 Å². The van der Waals surface area contributed by atoms with Crippen LogP contribution in [0, 0.1) is 0 Å². The van der Waals surface area contributed by atoms with Crippen LogP contribution in [0.2, 0.25) is 0 Å². The first kappa shape index (κ1) is 23.3. The van der Waals surface area contributed by atoms with Gasteiger partial charge in [-0.05, 0) is 90.1 Å². The van der Waals surface area contributed by atoms with Gasteiger partial charge in [0.15, 0.2) is 5.78 Å². The Bertz CT molecular complexity index is 894. The van der Waals surface area contributed by atoms with Crippen molar-refractivity contribution in [1.29, 1.82) is 0 Å². The second kappa shape index (κ2) is 9.66. The maximum Gasteiger partial charge on any atom is 0.185 e. The van der Waals surface area contributed by atoms with E-state index in [0.29, 0.717) is 23.7 Å². The zero-order chi connectivity index (χ0) is 22.4. The van der Waals surface area contributed by atoms with Crippen molar-refractivity contribution >= 4 is 11.9 Å². The number of hydrogen-bond donors (Lipinski definition) is 0. The van der Waals surface area contributed by atoms with Crippen molar-refractivity contribution in [3.05, 3.63) is 72.3 Å². The van der Waals surface area contributed by atoms with Gasteiger partial charge in [0.1, 0.15) is 35.1 Å². The first-order valence-electron chi connectivity index (χ1n) is 10.1. The highest BCUT2D eigenvalue weighted by Crippen LogP contribution is 2.31. The van der Waals surface area contributed by atoms with E-state index in [4.69, 9.17) is 14.2 Å². The third-order valence-corrected chi connectivity index (χ3v) is 3.75. The van der Waals surface area contributed by atoms with Gasteiger partial charge in [0.25, 0.3) is 0 Å². The lowest BCUT2D eigenvalue weighted by Gasteiger charge is -2.25. The van der Waals surface area contributed by atoms with Crippen LogP contribution in [0.15, 0.2) is 61.2 Å². The Kier molecular flexibility index (Phi) is 7.49. The molecule has 2 rings (SSSR count). The second-order valence-corrected chi connectivity index (χ2v) is 8.95. The van der Waals surface area contributed by atoms with Crippen LogP contribution in [0.25, 0.3) is 6.08 Å². The summed E-state index contributed by atoms with van der Waals surface area (Å²) in [5.41, 5.74) is 0.705. The summed E-state index contributed by atoms with van der Waals surface area (Å²) in [6, 6.07) is 12.7. The van der Waals surface area contributed by atoms with Crippen LogP contribution in [0.3, 0.4) is 0 Å². The summed E-state index contributed by atoms with van der Waals surface area (Å²) in [5.74, 6) is 1.99. The van der Waals surface area contributed by atoms with Gasteiger partial charge < -0.3 is 14.2 Å². The summed E-state index contributed by atoms with van der Waals surface area (Å²) in [5, 5.41) is 0. The number of benzene rings is 2. The summed E-state index contributed by atoms with van der Waals surface area (Å²) in [6.07, 6.45) is 5.00. The van der Waals surface area contributed by atoms with Crippen molar-refractivity contribution in [2.24, 2.45) is 0 Å². The number of carbonyl (C=O) groups excluding carboxylic acids is 1. The van der Waals surface area contributed by atoms with E-state index in [0.717, 1.165) is 11.3 Å². The molecule has 0 spiro atoms. The SMILES string of the molecule is C=CCOc1ccc(C(=O)/C=C/c2ccc(OC(C)(C)C)cc2OC(C)(C)C)cc1. The van der Waals surface area contributed by atoms with Gasteiger partial charge in [0.2, 0.25) is 0 Å². The standard InChI is InChI=1S/C26H32O4/c1-8-17-28-21-13-9-19(10-14-21)23(27)16-12-20-11-15-22(29-25(2,3)4)18-24(20)30-26(5,6)7/h8-16,18H,1,17H2,2-7H3/b16-12+. The van der Waals surface area contributed by atoms with E-state index in [1.807, 2.05) is 59.7 Å². The molecule has 0 fully saturated rings. The van der Waals surface area contributed by atoms with Crippen molar-refractivity contribution < 1.29 is 19.0 Å². The Morgan fingerprint density at radius 1 is 0.900 bits per heavy atom. The largest absolute Gasteiger partial charge is 0.490 e. The van der Waals surface area contributed by atoms with Crippen molar-refractivity contribution in [1.82, 2.24) is 0 Å². The molecule has 0 bridgehead atoms. The van der Waals surface area contributed by atoms with Gasteiger partial charge in [-0.25, -0.2) is 0 Å². The van der Waals surface area contributed by atoms with Gasteiger partial charge in [0, 0.05) is 17.2 Å². The lowest BCUT2D eigenvalue weighted by atomic mass is 10.1. The third kappa shape index (κ3) is 7.78. The third-order valence-electron chi connectivity index (χ3n) is 3.75. The predicted octanol–water partition coefficient (Wildman–Crippen LogP) is 6.50. The molecule has 4 nitrogen and oxygen atoms in total. The van der Waals surface area contributed by atoms with Gasteiger partial charge in [-0.15, -0.1) is 0 Å². The molecular formula is C26H32O4. The fourth-order valence-electron chi connectivity index (χ4n) is 2.62. The molecule has 0 atom stereocenters. The Labute approximate surface area is 180 Å². The van der Waals surface area contributed by atoms with Crippen LogP contribution >= 0.6 is 0 Å². The Morgan fingerprint density at radius 2 is 1.50 bits per heavy atom. The number of rotatable bonds is 8. The molecule has 0 saturated carbocycles. The van der Waals surface area contributed by atoms with Crippen LogP contribution < -0.4 is 14.2 Å². The molecule has 0 aliphatic heterocycles. The van der Waals surface area contributed by atoms with E-state index >= 15 is 0 Å². The molecule has 0 unspecified atom stereocenters. The number of allylic oxidation sites excluding steroid dienone is 1.